The van der Waals surface area contributed by atoms with Gasteiger partial charge in [-0.2, -0.15) is 0 Å². The molecule has 3 amide bonds. The van der Waals surface area contributed by atoms with Crippen LogP contribution >= 0.6 is 0 Å². The number of carbonyl (C=O) groups is 3. The van der Waals surface area contributed by atoms with E-state index in [9.17, 15) is 14.4 Å². The molecule has 6 nitrogen and oxygen atoms in total. The van der Waals surface area contributed by atoms with E-state index in [0.29, 0.717) is 22.7 Å². The molecule has 1 aliphatic rings. The van der Waals surface area contributed by atoms with E-state index < -0.39 is 0 Å². The van der Waals surface area contributed by atoms with Gasteiger partial charge in [0.05, 0.1) is 12.8 Å². The summed E-state index contributed by atoms with van der Waals surface area (Å²) in [6.45, 7) is 0. The molecule has 1 heterocycles. The summed E-state index contributed by atoms with van der Waals surface area (Å²) in [4.78, 5) is 36.8. The number of carbonyl (C=O) groups excluding carboxylic acids is 3. The number of hydrogen-bond acceptors (Lipinski definition) is 4. The van der Waals surface area contributed by atoms with Gasteiger partial charge in [-0.1, -0.05) is 0 Å². The minimum absolute atomic E-state index is 0.213. The number of hydrogen-bond donors (Lipinski definition) is 1. The highest BCUT2D eigenvalue weighted by Crippen LogP contribution is 2.23. The van der Waals surface area contributed by atoms with E-state index >= 15 is 0 Å². The number of imide groups is 1. The van der Waals surface area contributed by atoms with E-state index in [1.165, 1.54) is 0 Å². The predicted molar refractivity (Wildman–Crippen MR) is 89.1 cm³/mol. The highest BCUT2D eigenvalue weighted by Gasteiger charge is 2.30. The van der Waals surface area contributed by atoms with Crippen molar-refractivity contribution in [2.24, 2.45) is 0 Å². The van der Waals surface area contributed by atoms with Gasteiger partial charge in [-0.25, -0.2) is 0 Å². The molecule has 2 aromatic carbocycles. The van der Waals surface area contributed by atoms with E-state index in [2.05, 4.69) is 5.32 Å². The van der Waals surface area contributed by atoms with Crippen LogP contribution in [0.4, 0.5) is 11.4 Å². The zero-order chi connectivity index (χ0) is 17.1. The second-order valence-electron chi connectivity index (χ2n) is 5.35. The van der Waals surface area contributed by atoms with Crippen LogP contribution in [-0.2, 0) is 9.59 Å². The van der Waals surface area contributed by atoms with Crippen LogP contribution in [0, 0.1) is 0 Å². The van der Waals surface area contributed by atoms with Crippen molar-refractivity contribution in [2.75, 3.05) is 17.3 Å². The topological polar surface area (TPSA) is 75.7 Å². The van der Waals surface area contributed by atoms with Crippen LogP contribution in [0.25, 0.3) is 0 Å². The van der Waals surface area contributed by atoms with Crippen LogP contribution in [0.3, 0.4) is 0 Å². The Morgan fingerprint density at radius 1 is 0.958 bits per heavy atom. The van der Waals surface area contributed by atoms with Gasteiger partial charge in [0.1, 0.15) is 5.75 Å². The fourth-order valence-corrected chi connectivity index (χ4v) is 2.50. The van der Waals surface area contributed by atoms with Gasteiger partial charge in [-0.05, 0) is 48.5 Å². The average Bonchev–Trinajstić information content (AvgIpc) is 2.94. The molecule has 0 unspecified atom stereocenters. The number of rotatable bonds is 4. The van der Waals surface area contributed by atoms with Gasteiger partial charge < -0.3 is 10.1 Å². The summed E-state index contributed by atoms with van der Waals surface area (Å²) in [5, 5.41) is 2.77. The quantitative estimate of drug-likeness (QED) is 0.877. The van der Waals surface area contributed by atoms with Gasteiger partial charge >= 0.3 is 0 Å². The van der Waals surface area contributed by atoms with Crippen LogP contribution < -0.4 is 15.0 Å². The SMILES string of the molecule is COc1ccc(NC(=O)c2ccc(N3C(=O)CCC3=O)cc2)cc1. The van der Waals surface area contributed by atoms with Gasteiger partial charge in [-0.15, -0.1) is 0 Å². The molecule has 1 aliphatic heterocycles. The molecule has 1 saturated heterocycles. The van der Waals surface area contributed by atoms with E-state index in [0.717, 1.165) is 4.90 Å². The molecule has 0 saturated carbocycles. The molecule has 0 aliphatic carbocycles. The Balaban J connectivity index is 1.71. The first-order chi connectivity index (χ1) is 11.6. The number of benzene rings is 2. The van der Waals surface area contributed by atoms with Crippen molar-refractivity contribution in [3.8, 4) is 5.75 Å². The Morgan fingerprint density at radius 3 is 2.08 bits per heavy atom. The Morgan fingerprint density at radius 2 is 1.54 bits per heavy atom. The summed E-state index contributed by atoms with van der Waals surface area (Å²) in [5.41, 5.74) is 1.58. The number of methoxy groups -OCH3 is 1. The minimum atomic E-state index is -0.272. The molecule has 0 spiro atoms. The van der Waals surface area contributed by atoms with Gasteiger partial charge in [-0.3, -0.25) is 19.3 Å². The summed E-state index contributed by atoms with van der Waals surface area (Å²) in [6, 6.07) is 13.4. The van der Waals surface area contributed by atoms with Crippen molar-refractivity contribution in [3.05, 3.63) is 54.1 Å². The monoisotopic (exact) mass is 324 g/mol. The highest BCUT2D eigenvalue weighted by molar-refractivity contribution is 6.20. The lowest BCUT2D eigenvalue weighted by atomic mass is 10.1. The van der Waals surface area contributed by atoms with Crippen molar-refractivity contribution in [2.45, 2.75) is 12.8 Å². The maximum atomic E-state index is 12.2. The largest absolute Gasteiger partial charge is 0.497 e. The van der Waals surface area contributed by atoms with Crippen LogP contribution in [-0.4, -0.2) is 24.8 Å². The fraction of sp³-hybridized carbons (Fsp3) is 0.167. The molecular formula is C18H16N2O4. The number of anilines is 2. The molecule has 2 aromatic rings. The van der Waals surface area contributed by atoms with Crippen molar-refractivity contribution in [1.82, 2.24) is 0 Å². The highest BCUT2D eigenvalue weighted by atomic mass is 16.5. The maximum Gasteiger partial charge on any atom is 0.255 e. The van der Waals surface area contributed by atoms with E-state index in [-0.39, 0.29) is 30.6 Å². The smallest absolute Gasteiger partial charge is 0.255 e. The van der Waals surface area contributed by atoms with Crippen LogP contribution in [0.1, 0.15) is 23.2 Å². The van der Waals surface area contributed by atoms with Crippen molar-refractivity contribution in [1.29, 1.82) is 0 Å². The Kier molecular flexibility index (Phi) is 4.29. The lowest BCUT2D eigenvalue weighted by molar-refractivity contribution is -0.121. The Hall–Kier alpha value is -3.15. The summed E-state index contributed by atoms with van der Waals surface area (Å²) in [5.74, 6) is 0.00830. The van der Waals surface area contributed by atoms with Gasteiger partial charge in [0.2, 0.25) is 11.8 Å². The number of ether oxygens (including phenoxy) is 1. The number of nitrogens with one attached hydrogen (secondary N) is 1. The molecule has 3 rings (SSSR count). The van der Waals surface area contributed by atoms with Crippen LogP contribution in [0.15, 0.2) is 48.5 Å². The first kappa shape index (κ1) is 15.7. The summed E-state index contributed by atoms with van der Waals surface area (Å²) in [7, 11) is 1.57. The fourth-order valence-electron chi connectivity index (χ4n) is 2.50. The van der Waals surface area contributed by atoms with E-state index in [1.54, 1.807) is 55.6 Å². The Bertz CT molecular complexity index is 766. The molecule has 1 fully saturated rings. The summed E-state index contributed by atoms with van der Waals surface area (Å²) in [6.07, 6.45) is 0.469. The van der Waals surface area contributed by atoms with Gasteiger partial charge in [0.25, 0.3) is 5.91 Å². The molecule has 0 aromatic heterocycles. The lowest BCUT2D eigenvalue weighted by Gasteiger charge is -2.14. The lowest BCUT2D eigenvalue weighted by Crippen LogP contribution is -2.28. The van der Waals surface area contributed by atoms with Crippen molar-refractivity contribution < 1.29 is 19.1 Å². The predicted octanol–water partition coefficient (Wildman–Crippen LogP) is 2.60. The molecule has 122 valence electrons. The number of nitrogens with zero attached hydrogens (tertiary/aromatic N) is 1. The third kappa shape index (κ3) is 3.12. The molecular weight excluding hydrogens is 308 g/mol. The molecule has 6 heteroatoms. The van der Waals surface area contributed by atoms with Crippen LogP contribution in [0.5, 0.6) is 5.75 Å². The minimum Gasteiger partial charge on any atom is -0.497 e. The van der Waals surface area contributed by atoms with E-state index in [4.69, 9.17) is 4.74 Å². The molecule has 1 N–H and O–H groups in total. The molecule has 24 heavy (non-hydrogen) atoms. The summed E-state index contributed by atoms with van der Waals surface area (Å²) < 4.78 is 5.07. The van der Waals surface area contributed by atoms with Crippen molar-refractivity contribution >= 4 is 29.1 Å². The average molecular weight is 324 g/mol. The van der Waals surface area contributed by atoms with Crippen molar-refractivity contribution in [3.63, 3.8) is 0 Å². The standard InChI is InChI=1S/C18H16N2O4/c1-24-15-8-4-13(5-9-15)19-18(23)12-2-6-14(7-3-12)20-16(21)10-11-17(20)22/h2-9H,10-11H2,1H3,(H,19,23). The second kappa shape index (κ2) is 6.54. The summed E-state index contributed by atoms with van der Waals surface area (Å²) >= 11 is 0. The molecule has 0 atom stereocenters. The zero-order valence-electron chi connectivity index (χ0n) is 13.1. The Labute approximate surface area is 139 Å². The molecule has 0 radical (unpaired) electrons. The first-order valence-electron chi connectivity index (χ1n) is 7.50. The third-order valence-corrected chi connectivity index (χ3v) is 3.79. The molecule has 0 bridgehead atoms. The second-order valence-corrected chi connectivity index (χ2v) is 5.35. The van der Waals surface area contributed by atoms with Crippen LogP contribution in [0.2, 0.25) is 0 Å². The third-order valence-electron chi connectivity index (χ3n) is 3.79. The number of amides is 3. The maximum absolute atomic E-state index is 12.2. The van der Waals surface area contributed by atoms with E-state index in [1.807, 2.05) is 0 Å². The zero-order valence-corrected chi connectivity index (χ0v) is 13.1. The van der Waals surface area contributed by atoms with Gasteiger partial charge in [0.15, 0.2) is 0 Å². The first-order valence-corrected chi connectivity index (χ1v) is 7.50. The van der Waals surface area contributed by atoms with Gasteiger partial charge in [0, 0.05) is 24.1 Å². The normalized spacial score (nSPS) is 14.0.